The minimum Gasteiger partial charge on any atom is -0.311 e. The molecule has 0 saturated carbocycles. The third-order valence-electron chi connectivity index (χ3n) is 2.60. The maximum atomic E-state index is 5.92. The lowest BCUT2D eigenvalue weighted by molar-refractivity contribution is 0.327. The highest BCUT2D eigenvalue weighted by Crippen LogP contribution is 2.22. The first kappa shape index (κ1) is 14.0. The Morgan fingerprint density at radius 1 is 1.28 bits per heavy atom. The van der Waals surface area contributed by atoms with Gasteiger partial charge in [0, 0.05) is 35.9 Å². The lowest BCUT2D eigenvalue weighted by atomic mass is 10.4. The van der Waals surface area contributed by atoms with Gasteiger partial charge in [-0.15, -0.1) is 22.7 Å². The van der Waals surface area contributed by atoms with Gasteiger partial charge in [-0.2, -0.15) is 0 Å². The van der Waals surface area contributed by atoms with Crippen molar-refractivity contribution in [3.8, 4) is 0 Å². The fraction of sp³-hybridized carbons (Fsp3) is 0.385. The minimum absolute atomic E-state index is 0.870. The number of halogens is 1. The van der Waals surface area contributed by atoms with Crippen LogP contribution in [0.15, 0.2) is 29.6 Å². The molecule has 2 aromatic heterocycles. The second kappa shape index (κ2) is 7.26. The van der Waals surface area contributed by atoms with Crippen molar-refractivity contribution in [2.45, 2.75) is 13.1 Å². The van der Waals surface area contributed by atoms with E-state index in [2.05, 4.69) is 40.8 Å². The van der Waals surface area contributed by atoms with Gasteiger partial charge in [0.2, 0.25) is 0 Å². The van der Waals surface area contributed by atoms with E-state index in [0.717, 1.165) is 30.5 Å². The predicted molar refractivity (Wildman–Crippen MR) is 81.7 cm³/mol. The zero-order valence-corrected chi connectivity index (χ0v) is 12.7. The number of nitrogens with zero attached hydrogens (tertiary/aromatic N) is 1. The summed E-state index contributed by atoms with van der Waals surface area (Å²) in [6.07, 6.45) is 0. The van der Waals surface area contributed by atoms with E-state index in [-0.39, 0.29) is 0 Å². The highest BCUT2D eigenvalue weighted by molar-refractivity contribution is 7.16. The van der Waals surface area contributed by atoms with Crippen LogP contribution in [0.5, 0.6) is 0 Å². The van der Waals surface area contributed by atoms with E-state index in [1.54, 1.807) is 22.7 Å². The Hall–Kier alpha value is -0.390. The van der Waals surface area contributed by atoms with Gasteiger partial charge in [-0.1, -0.05) is 17.7 Å². The first-order valence-corrected chi connectivity index (χ1v) is 7.97. The molecule has 0 aromatic carbocycles. The smallest absolute Gasteiger partial charge is 0.0931 e. The van der Waals surface area contributed by atoms with Crippen LogP contribution in [0.1, 0.15) is 9.75 Å². The molecule has 0 atom stereocenters. The van der Waals surface area contributed by atoms with E-state index in [9.17, 15) is 0 Å². The van der Waals surface area contributed by atoms with Crippen molar-refractivity contribution in [2.75, 3.05) is 20.1 Å². The van der Waals surface area contributed by atoms with Gasteiger partial charge in [-0.25, -0.2) is 0 Å². The summed E-state index contributed by atoms with van der Waals surface area (Å²) in [7, 11) is 2.14. The van der Waals surface area contributed by atoms with Gasteiger partial charge >= 0.3 is 0 Å². The lowest BCUT2D eigenvalue weighted by Gasteiger charge is -2.15. The number of nitrogens with one attached hydrogen (secondary N) is 1. The molecule has 0 aliphatic heterocycles. The molecule has 5 heteroatoms. The van der Waals surface area contributed by atoms with Crippen LogP contribution >= 0.6 is 34.3 Å². The van der Waals surface area contributed by atoms with Crippen LogP contribution < -0.4 is 5.32 Å². The van der Waals surface area contributed by atoms with Crippen molar-refractivity contribution < 1.29 is 0 Å². The molecule has 0 fully saturated rings. The average molecular weight is 301 g/mol. The molecule has 0 spiro atoms. The largest absolute Gasteiger partial charge is 0.311 e. The lowest BCUT2D eigenvalue weighted by Crippen LogP contribution is -2.28. The number of rotatable bonds is 7. The third kappa shape index (κ3) is 4.71. The highest BCUT2D eigenvalue weighted by atomic mass is 35.5. The van der Waals surface area contributed by atoms with E-state index in [0.29, 0.717) is 0 Å². The van der Waals surface area contributed by atoms with E-state index in [4.69, 9.17) is 11.6 Å². The summed E-state index contributed by atoms with van der Waals surface area (Å²) in [5, 5.41) is 5.57. The summed E-state index contributed by atoms with van der Waals surface area (Å²) < 4.78 is 0.870. The van der Waals surface area contributed by atoms with Gasteiger partial charge in [0.1, 0.15) is 0 Å². The van der Waals surface area contributed by atoms with Crippen LogP contribution in [0.25, 0.3) is 0 Å². The van der Waals surface area contributed by atoms with Gasteiger partial charge in [0.25, 0.3) is 0 Å². The molecule has 0 radical (unpaired) electrons. The Morgan fingerprint density at radius 3 is 2.83 bits per heavy atom. The first-order valence-electron chi connectivity index (χ1n) is 5.90. The number of hydrogen-bond acceptors (Lipinski definition) is 4. The number of hydrogen-bond donors (Lipinski definition) is 1. The van der Waals surface area contributed by atoms with Crippen LogP contribution in [-0.4, -0.2) is 25.0 Å². The van der Waals surface area contributed by atoms with Crippen LogP contribution in [0.3, 0.4) is 0 Å². The van der Waals surface area contributed by atoms with Crippen molar-refractivity contribution in [1.29, 1.82) is 0 Å². The molecule has 2 heterocycles. The average Bonchev–Trinajstić information content (AvgIpc) is 2.96. The van der Waals surface area contributed by atoms with Crippen molar-refractivity contribution in [3.63, 3.8) is 0 Å². The maximum Gasteiger partial charge on any atom is 0.0931 e. The molecule has 1 N–H and O–H groups in total. The molecule has 2 rings (SSSR count). The molecular formula is C13H17ClN2S2. The van der Waals surface area contributed by atoms with Crippen molar-refractivity contribution >= 4 is 34.3 Å². The molecule has 0 bridgehead atoms. The van der Waals surface area contributed by atoms with E-state index < -0.39 is 0 Å². The quantitative estimate of drug-likeness (QED) is 0.785. The molecule has 18 heavy (non-hydrogen) atoms. The molecule has 2 nitrogen and oxygen atoms in total. The summed E-state index contributed by atoms with van der Waals surface area (Å²) in [5.41, 5.74) is 0. The number of thiophene rings is 2. The molecular weight excluding hydrogens is 284 g/mol. The standard InChI is InChI=1S/C13H17ClN2S2/c1-16(10-12-4-5-13(14)18-12)7-6-15-9-11-3-2-8-17-11/h2-5,8,15H,6-7,9-10H2,1H3. The van der Waals surface area contributed by atoms with Crippen molar-refractivity contribution in [2.24, 2.45) is 0 Å². The van der Waals surface area contributed by atoms with Gasteiger partial charge < -0.3 is 10.2 Å². The van der Waals surface area contributed by atoms with Gasteiger partial charge in [-0.05, 0) is 30.6 Å². The third-order valence-corrected chi connectivity index (χ3v) is 4.70. The topological polar surface area (TPSA) is 15.3 Å². The van der Waals surface area contributed by atoms with Gasteiger partial charge in [0.15, 0.2) is 0 Å². The number of likely N-dealkylation sites (N-methyl/N-ethyl adjacent to an activating group) is 1. The molecule has 2 aromatic rings. The molecule has 0 amide bonds. The van der Waals surface area contributed by atoms with E-state index in [1.165, 1.54) is 9.75 Å². The molecule has 0 unspecified atom stereocenters. The SMILES string of the molecule is CN(CCNCc1cccs1)Cc1ccc(Cl)s1. The minimum atomic E-state index is 0.870. The Kier molecular flexibility index (Phi) is 5.66. The molecule has 0 saturated heterocycles. The van der Waals surface area contributed by atoms with Gasteiger partial charge in [0.05, 0.1) is 4.34 Å². The van der Waals surface area contributed by atoms with Crippen LogP contribution in [0.2, 0.25) is 4.34 Å². The highest BCUT2D eigenvalue weighted by Gasteiger charge is 2.02. The Morgan fingerprint density at radius 2 is 2.17 bits per heavy atom. The Balaban J connectivity index is 1.61. The zero-order valence-electron chi connectivity index (χ0n) is 10.4. The Bertz CT molecular complexity index is 453. The molecule has 0 aliphatic carbocycles. The fourth-order valence-corrected chi connectivity index (χ4v) is 3.52. The predicted octanol–water partition coefficient (Wildman–Crippen LogP) is 3.68. The maximum absolute atomic E-state index is 5.92. The van der Waals surface area contributed by atoms with Gasteiger partial charge in [-0.3, -0.25) is 0 Å². The summed E-state index contributed by atoms with van der Waals surface area (Å²) in [4.78, 5) is 5.02. The molecule has 98 valence electrons. The van der Waals surface area contributed by atoms with Crippen molar-refractivity contribution in [3.05, 3.63) is 43.7 Å². The monoisotopic (exact) mass is 300 g/mol. The zero-order chi connectivity index (χ0) is 12.8. The van der Waals surface area contributed by atoms with Crippen LogP contribution in [-0.2, 0) is 13.1 Å². The summed E-state index contributed by atoms with van der Waals surface area (Å²) in [5.74, 6) is 0. The second-order valence-electron chi connectivity index (χ2n) is 4.20. The normalized spacial score (nSPS) is 11.3. The van der Waals surface area contributed by atoms with E-state index in [1.807, 2.05) is 6.07 Å². The van der Waals surface area contributed by atoms with Crippen molar-refractivity contribution in [1.82, 2.24) is 10.2 Å². The van der Waals surface area contributed by atoms with E-state index >= 15 is 0 Å². The fourth-order valence-electron chi connectivity index (χ4n) is 1.68. The molecule has 0 aliphatic rings. The summed E-state index contributed by atoms with van der Waals surface area (Å²) in [6, 6.07) is 8.32. The Labute approximate surface area is 121 Å². The van der Waals surface area contributed by atoms with Crippen LogP contribution in [0, 0.1) is 0 Å². The first-order chi connectivity index (χ1) is 8.74. The second-order valence-corrected chi connectivity index (χ2v) is 7.03. The summed E-state index contributed by atoms with van der Waals surface area (Å²) >= 11 is 9.37. The van der Waals surface area contributed by atoms with Crippen LogP contribution in [0.4, 0.5) is 0 Å². The summed E-state index contributed by atoms with van der Waals surface area (Å²) in [6.45, 7) is 3.99.